The highest BCUT2D eigenvalue weighted by molar-refractivity contribution is 5.87. The van der Waals surface area contributed by atoms with Crippen LogP contribution in [-0.4, -0.2) is 13.3 Å². The molecule has 0 aliphatic carbocycles. The summed E-state index contributed by atoms with van der Waals surface area (Å²) in [7, 11) is 1.83. The molecule has 0 radical (unpaired) electrons. The predicted octanol–water partition coefficient (Wildman–Crippen LogP) is 4.11. The number of hydrogen-bond donors (Lipinski definition) is 0. The third-order valence-electron chi connectivity index (χ3n) is 2.45. The van der Waals surface area contributed by atoms with Crippen LogP contribution in [0.4, 0.5) is 0 Å². The average molecular weight is 215 g/mol. The van der Waals surface area contributed by atoms with Crippen molar-refractivity contribution < 1.29 is 0 Å². The van der Waals surface area contributed by atoms with Crippen molar-refractivity contribution in [3.05, 3.63) is 40.5 Å². The zero-order valence-electron chi connectivity index (χ0n) is 10.7. The molecule has 1 rings (SSSR count). The minimum absolute atomic E-state index is 1.12. The van der Waals surface area contributed by atoms with Gasteiger partial charge < -0.3 is 0 Å². The SMILES string of the molecule is CCCc1cccc(C=C(C)C)c1C=NC. The van der Waals surface area contributed by atoms with Gasteiger partial charge in [-0.25, -0.2) is 0 Å². The number of aliphatic imine (C=N–C) groups is 1. The third-order valence-corrected chi connectivity index (χ3v) is 2.45. The quantitative estimate of drug-likeness (QED) is 0.670. The van der Waals surface area contributed by atoms with Crippen molar-refractivity contribution in [2.24, 2.45) is 4.99 Å². The lowest BCUT2D eigenvalue weighted by Crippen LogP contribution is -1.96. The van der Waals surface area contributed by atoms with Crippen molar-refractivity contribution in [2.45, 2.75) is 33.6 Å². The fourth-order valence-electron chi connectivity index (χ4n) is 1.84. The molecule has 0 amide bonds. The summed E-state index contributed by atoms with van der Waals surface area (Å²) >= 11 is 0. The zero-order chi connectivity index (χ0) is 12.0. The smallest absolute Gasteiger partial charge is 0.0290 e. The number of nitrogens with zero attached hydrogens (tertiary/aromatic N) is 1. The Kier molecular flexibility index (Phi) is 4.97. The standard InChI is InChI=1S/C15H21N/c1-5-7-13-8-6-9-14(10-12(2)3)15(13)11-16-4/h6,8-11H,5,7H2,1-4H3. The Balaban J connectivity index is 3.26. The van der Waals surface area contributed by atoms with Gasteiger partial charge in [-0.1, -0.05) is 43.2 Å². The highest BCUT2D eigenvalue weighted by atomic mass is 14.6. The van der Waals surface area contributed by atoms with Crippen molar-refractivity contribution >= 4 is 12.3 Å². The Labute approximate surface area is 98.9 Å². The molecule has 0 atom stereocenters. The van der Waals surface area contributed by atoms with Gasteiger partial charge in [0, 0.05) is 18.8 Å². The molecule has 0 saturated heterocycles. The third kappa shape index (κ3) is 3.34. The number of hydrogen-bond acceptors (Lipinski definition) is 1. The van der Waals surface area contributed by atoms with Gasteiger partial charge in [0.05, 0.1) is 0 Å². The lowest BCUT2D eigenvalue weighted by Gasteiger charge is -2.08. The maximum Gasteiger partial charge on any atom is 0.0290 e. The first-order valence-electron chi connectivity index (χ1n) is 5.88. The second-order valence-electron chi connectivity index (χ2n) is 4.28. The summed E-state index contributed by atoms with van der Waals surface area (Å²) in [6.45, 7) is 6.46. The van der Waals surface area contributed by atoms with Gasteiger partial charge in [-0.3, -0.25) is 4.99 Å². The zero-order valence-corrected chi connectivity index (χ0v) is 10.7. The minimum Gasteiger partial charge on any atom is -0.296 e. The minimum atomic E-state index is 1.12. The number of benzene rings is 1. The van der Waals surface area contributed by atoms with Crippen LogP contribution in [0.1, 0.15) is 43.9 Å². The summed E-state index contributed by atoms with van der Waals surface area (Å²) in [6.07, 6.45) is 6.48. The molecule has 86 valence electrons. The van der Waals surface area contributed by atoms with E-state index in [1.165, 1.54) is 28.7 Å². The van der Waals surface area contributed by atoms with Crippen LogP contribution in [-0.2, 0) is 6.42 Å². The molecule has 16 heavy (non-hydrogen) atoms. The first-order chi connectivity index (χ1) is 7.69. The van der Waals surface area contributed by atoms with Gasteiger partial charge in [-0.15, -0.1) is 0 Å². The molecule has 0 unspecified atom stereocenters. The summed E-state index contributed by atoms with van der Waals surface area (Å²) in [5.74, 6) is 0. The molecule has 0 N–H and O–H groups in total. The second kappa shape index (κ2) is 6.26. The van der Waals surface area contributed by atoms with Gasteiger partial charge in [0.1, 0.15) is 0 Å². The van der Waals surface area contributed by atoms with E-state index in [4.69, 9.17) is 0 Å². The summed E-state index contributed by atoms with van der Waals surface area (Å²) in [5.41, 5.74) is 5.26. The largest absolute Gasteiger partial charge is 0.296 e. The molecule has 0 fully saturated rings. The molecule has 0 aromatic heterocycles. The Morgan fingerprint density at radius 1 is 1.31 bits per heavy atom. The molecule has 1 aromatic rings. The van der Waals surface area contributed by atoms with Gasteiger partial charge in [0.2, 0.25) is 0 Å². The van der Waals surface area contributed by atoms with E-state index in [0.717, 1.165) is 6.42 Å². The summed E-state index contributed by atoms with van der Waals surface area (Å²) in [4.78, 5) is 4.16. The Hall–Kier alpha value is -1.37. The van der Waals surface area contributed by atoms with Crippen molar-refractivity contribution in [1.29, 1.82) is 0 Å². The van der Waals surface area contributed by atoms with E-state index >= 15 is 0 Å². The van der Waals surface area contributed by atoms with E-state index in [1.807, 2.05) is 13.3 Å². The fraction of sp³-hybridized carbons (Fsp3) is 0.400. The van der Waals surface area contributed by atoms with Crippen LogP contribution < -0.4 is 0 Å². The lowest BCUT2D eigenvalue weighted by atomic mass is 9.97. The number of rotatable bonds is 4. The fourth-order valence-corrected chi connectivity index (χ4v) is 1.84. The highest BCUT2D eigenvalue weighted by Gasteiger charge is 2.03. The molecule has 1 nitrogen and oxygen atoms in total. The average Bonchev–Trinajstić information content (AvgIpc) is 2.22. The molecule has 0 bridgehead atoms. The van der Waals surface area contributed by atoms with Crippen LogP contribution in [0.3, 0.4) is 0 Å². The molecule has 0 aliphatic heterocycles. The highest BCUT2D eigenvalue weighted by Crippen LogP contribution is 2.17. The summed E-state index contributed by atoms with van der Waals surface area (Å²) in [6, 6.07) is 6.48. The van der Waals surface area contributed by atoms with Crippen molar-refractivity contribution in [3.63, 3.8) is 0 Å². The molecular weight excluding hydrogens is 194 g/mol. The topological polar surface area (TPSA) is 12.4 Å². The molecule has 0 spiro atoms. The van der Waals surface area contributed by atoms with Gasteiger partial charge in [0.15, 0.2) is 0 Å². The van der Waals surface area contributed by atoms with Crippen LogP contribution in [0.15, 0.2) is 28.8 Å². The molecular formula is C15H21N. The van der Waals surface area contributed by atoms with E-state index in [-0.39, 0.29) is 0 Å². The van der Waals surface area contributed by atoms with Gasteiger partial charge in [0.25, 0.3) is 0 Å². The van der Waals surface area contributed by atoms with Crippen LogP contribution in [0.25, 0.3) is 6.08 Å². The monoisotopic (exact) mass is 215 g/mol. The number of aryl methyl sites for hydroxylation is 1. The molecule has 1 heteroatoms. The summed E-state index contributed by atoms with van der Waals surface area (Å²) in [5, 5.41) is 0. The van der Waals surface area contributed by atoms with E-state index in [9.17, 15) is 0 Å². The predicted molar refractivity (Wildman–Crippen MR) is 73.3 cm³/mol. The Morgan fingerprint density at radius 2 is 2.06 bits per heavy atom. The maximum atomic E-state index is 4.16. The Bertz CT molecular complexity index is 396. The van der Waals surface area contributed by atoms with Crippen LogP contribution in [0, 0.1) is 0 Å². The van der Waals surface area contributed by atoms with E-state index < -0.39 is 0 Å². The normalized spacial score (nSPS) is 10.8. The number of allylic oxidation sites excluding steroid dienone is 1. The van der Waals surface area contributed by atoms with E-state index in [1.54, 1.807) is 0 Å². The van der Waals surface area contributed by atoms with Gasteiger partial charge >= 0.3 is 0 Å². The summed E-state index contributed by atoms with van der Waals surface area (Å²) < 4.78 is 0. The van der Waals surface area contributed by atoms with Crippen LogP contribution in [0.5, 0.6) is 0 Å². The van der Waals surface area contributed by atoms with Crippen molar-refractivity contribution in [3.8, 4) is 0 Å². The van der Waals surface area contributed by atoms with Crippen molar-refractivity contribution in [1.82, 2.24) is 0 Å². The van der Waals surface area contributed by atoms with Crippen LogP contribution in [0.2, 0.25) is 0 Å². The maximum absolute atomic E-state index is 4.16. The Morgan fingerprint density at radius 3 is 2.62 bits per heavy atom. The molecule has 1 aromatic carbocycles. The lowest BCUT2D eigenvalue weighted by molar-refractivity contribution is 0.919. The first-order valence-corrected chi connectivity index (χ1v) is 5.88. The second-order valence-corrected chi connectivity index (χ2v) is 4.28. The molecule has 0 aliphatic rings. The van der Waals surface area contributed by atoms with Gasteiger partial charge in [-0.05, 0) is 31.4 Å². The van der Waals surface area contributed by atoms with Crippen molar-refractivity contribution in [2.75, 3.05) is 7.05 Å². The van der Waals surface area contributed by atoms with E-state index in [2.05, 4.69) is 50.0 Å². The molecule has 0 saturated carbocycles. The van der Waals surface area contributed by atoms with E-state index in [0.29, 0.717) is 0 Å². The first kappa shape index (κ1) is 12.7. The molecule has 0 heterocycles. The van der Waals surface area contributed by atoms with Gasteiger partial charge in [-0.2, -0.15) is 0 Å². The van der Waals surface area contributed by atoms with Crippen LogP contribution >= 0.6 is 0 Å².